The van der Waals surface area contributed by atoms with Gasteiger partial charge in [-0.1, -0.05) is 19.9 Å². The first-order valence-electron chi connectivity index (χ1n) is 7.35. The highest BCUT2D eigenvalue weighted by Gasteiger charge is 2.08. The highest BCUT2D eigenvalue weighted by Crippen LogP contribution is 2.16. The van der Waals surface area contributed by atoms with Crippen LogP contribution in [0.5, 0.6) is 5.75 Å². The number of rotatable bonds is 7. The Kier molecular flexibility index (Phi) is 5.89. The Morgan fingerprint density at radius 1 is 1.36 bits per heavy atom. The predicted molar refractivity (Wildman–Crippen MR) is 87.2 cm³/mol. The minimum Gasteiger partial charge on any atom is -0.487 e. The van der Waals surface area contributed by atoms with Crippen LogP contribution in [0.1, 0.15) is 42.0 Å². The van der Waals surface area contributed by atoms with Gasteiger partial charge in [-0.3, -0.25) is 4.79 Å². The van der Waals surface area contributed by atoms with Crippen LogP contribution in [0.4, 0.5) is 0 Å². The summed E-state index contributed by atoms with van der Waals surface area (Å²) in [5.74, 6) is 1.16. The van der Waals surface area contributed by atoms with Crippen molar-refractivity contribution in [1.82, 2.24) is 14.1 Å². The van der Waals surface area contributed by atoms with Crippen molar-refractivity contribution in [3.8, 4) is 5.75 Å². The quantitative estimate of drug-likeness (QED) is 0.851. The van der Waals surface area contributed by atoms with E-state index in [9.17, 15) is 4.79 Å². The molecule has 0 fully saturated rings. The van der Waals surface area contributed by atoms with Crippen molar-refractivity contribution >= 4 is 17.6 Å². The normalized spacial score (nSPS) is 10.7. The van der Waals surface area contributed by atoms with Gasteiger partial charge in [-0.25, -0.2) is 0 Å². The summed E-state index contributed by atoms with van der Waals surface area (Å²) in [5, 5.41) is 2.92. The van der Waals surface area contributed by atoms with E-state index in [2.05, 4.69) is 27.9 Å². The van der Waals surface area contributed by atoms with Gasteiger partial charge in [-0.15, -0.1) is 0 Å². The molecule has 1 heterocycles. The summed E-state index contributed by atoms with van der Waals surface area (Å²) < 4.78 is 14.0. The number of hydrogen-bond donors (Lipinski definition) is 1. The summed E-state index contributed by atoms with van der Waals surface area (Å²) in [6.45, 7) is 7.22. The highest BCUT2D eigenvalue weighted by atomic mass is 32.1. The van der Waals surface area contributed by atoms with Crippen LogP contribution in [0.3, 0.4) is 0 Å². The van der Waals surface area contributed by atoms with E-state index in [1.165, 1.54) is 11.7 Å². The van der Waals surface area contributed by atoms with Crippen molar-refractivity contribution in [2.75, 3.05) is 6.54 Å². The molecule has 2 rings (SSSR count). The lowest BCUT2D eigenvalue weighted by Crippen LogP contribution is -2.25. The van der Waals surface area contributed by atoms with Crippen LogP contribution in [-0.2, 0) is 6.61 Å². The fraction of sp³-hybridized carbons (Fsp3) is 0.438. The lowest BCUT2D eigenvalue weighted by molar-refractivity contribution is 0.0951. The molecule has 0 aliphatic carbocycles. The molecule has 1 amide bonds. The number of carbonyl (C=O) groups is 1. The second-order valence-electron chi connectivity index (χ2n) is 5.55. The largest absolute Gasteiger partial charge is 0.487 e. The fourth-order valence-electron chi connectivity index (χ4n) is 1.84. The van der Waals surface area contributed by atoms with E-state index in [4.69, 9.17) is 4.74 Å². The van der Waals surface area contributed by atoms with Crippen LogP contribution >= 0.6 is 11.7 Å². The number of carbonyl (C=O) groups excluding carboxylic acids is 1. The number of benzene rings is 1. The molecule has 0 unspecified atom stereocenters. The summed E-state index contributed by atoms with van der Waals surface area (Å²) in [7, 11) is 0. The number of aromatic nitrogens is 2. The van der Waals surface area contributed by atoms with Gasteiger partial charge in [0.25, 0.3) is 5.91 Å². The second-order valence-corrected chi connectivity index (χ2v) is 6.08. The Hall–Kier alpha value is -1.95. The monoisotopic (exact) mass is 319 g/mol. The van der Waals surface area contributed by atoms with Crippen LogP contribution in [0, 0.1) is 12.8 Å². The topological polar surface area (TPSA) is 64.1 Å². The van der Waals surface area contributed by atoms with Gasteiger partial charge in [0.1, 0.15) is 18.1 Å². The molecular formula is C16H21N3O2S. The molecule has 0 radical (unpaired) electrons. The predicted octanol–water partition coefficient (Wildman–Crippen LogP) is 3.20. The first-order valence-corrected chi connectivity index (χ1v) is 8.08. The van der Waals surface area contributed by atoms with Gasteiger partial charge >= 0.3 is 0 Å². The molecule has 0 aliphatic rings. The minimum absolute atomic E-state index is 0.0717. The maximum absolute atomic E-state index is 12.1. The Morgan fingerprint density at radius 2 is 2.18 bits per heavy atom. The Bertz CT molecular complexity index is 625. The molecule has 0 aliphatic heterocycles. The van der Waals surface area contributed by atoms with Crippen LogP contribution in [0.2, 0.25) is 0 Å². The third-order valence-corrected chi connectivity index (χ3v) is 3.88. The number of nitrogens with one attached hydrogen (secondary N) is 1. The lowest BCUT2D eigenvalue weighted by atomic mass is 10.1. The number of nitrogens with zero attached hydrogens (tertiary/aromatic N) is 2. The average molecular weight is 319 g/mol. The van der Waals surface area contributed by atoms with Gasteiger partial charge in [0, 0.05) is 12.1 Å². The molecule has 5 nitrogen and oxygen atoms in total. The van der Waals surface area contributed by atoms with Gasteiger partial charge in [-0.05, 0) is 37.5 Å². The van der Waals surface area contributed by atoms with E-state index >= 15 is 0 Å². The maximum Gasteiger partial charge on any atom is 0.251 e. The third-order valence-electron chi connectivity index (χ3n) is 3.23. The third kappa shape index (κ3) is 4.80. The minimum atomic E-state index is -0.0717. The Balaban J connectivity index is 1.91. The molecule has 0 spiro atoms. The second kappa shape index (κ2) is 7.89. The van der Waals surface area contributed by atoms with Gasteiger partial charge in [0.15, 0.2) is 0 Å². The number of aryl methyl sites for hydroxylation is 1. The molecule has 2 aromatic rings. The smallest absolute Gasteiger partial charge is 0.251 e. The highest BCUT2D eigenvalue weighted by molar-refractivity contribution is 6.99. The van der Waals surface area contributed by atoms with Crippen molar-refractivity contribution in [2.24, 2.45) is 5.92 Å². The van der Waals surface area contributed by atoms with Crippen LogP contribution < -0.4 is 10.1 Å². The summed E-state index contributed by atoms with van der Waals surface area (Å²) >= 11 is 1.18. The van der Waals surface area contributed by atoms with E-state index in [1.807, 2.05) is 19.1 Å². The van der Waals surface area contributed by atoms with Gasteiger partial charge in [-0.2, -0.15) is 8.75 Å². The van der Waals surface area contributed by atoms with Crippen LogP contribution in [0.15, 0.2) is 24.3 Å². The first-order chi connectivity index (χ1) is 10.6. The number of hydrogen-bond acceptors (Lipinski definition) is 5. The Morgan fingerprint density at radius 3 is 2.86 bits per heavy atom. The molecule has 22 heavy (non-hydrogen) atoms. The molecule has 1 aromatic heterocycles. The zero-order chi connectivity index (χ0) is 15.9. The van der Waals surface area contributed by atoms with Crippen molar-refractivity contribution in [2.45, 2.75) is 33.8 Å². The molecule has 118 valence electrons. The van der Waals surface area contributed by atoms with Crippen molar-refractivity contribution in [1.29, 1.82) is 0 Å². The standard InChI is InChI=1S/C16H21N3O2S/c1-11(2)7-8-17-16(20)13-5-4-6-14(9-13)21-10-15-12(3)18-22-19-15/h4-6,9,11H,7-8,10H2,1-3H3,(H,17,20). The molecule has 0 saturated heterocycles. The first kappa shape index (κ1) is 16.4. The number of ether oxygens (including phenoxy) is 1. The van der Waals surface area contributed by atoms with Crippen LogP contribution in [-0.4, -0.2) is 21.2 Å². The molecule has 0 saturated carbocycles. The van der Waals surface area contributed by atoms with Gasteiger partial charge in [0.2, 0.25) is 0 Å². The molecule has 1 N–H and O–H groups in total. The summed E-state index contributed by atoms with van der Waals surface area (Å²) in [6, 6.07) is 7.19. The van der Waals surface area contributed by atoms with E-state index in [0.29, 0.717) is 30.4 Å². The van der Waals surface area contributed by atoms with E-state index in [1.54, 1.807) is 12.1 Å². The lowest BCUT2D eigenvalue weighted by Gasteiger charge is -2.09. The molecule has 0 atom stereocenters. The zero-order valence-corrected chi connectivity index (χ0v) is 13.9. The maximum atomic E-state index is 12.1. The molecule has 0 bridgehead atoms. The van der Waals surface area contributed by atoms with Gasteiger partial charge in [0.05, 0.1) is 17.4 Å². The zero-order valence-electron chi connectivity index (χ0n) is 13.1. The van der Waals surface area contributed by atoms with E-state index in [-0.39, 0.29) is 5.91 Å². The SMILES string of the molecule is Cc1nsnc1COc1cccc(C(=O)NCCC(C)C)c1. The summed E-state index contributed by atoms with van der Waals surface area (Å²) in [4.78, 5) is 12.1. The van der Waals surface area contributed by atoms with Crippen molar-refractivity contribution < 1.29 is 9.53 Å². The van der Waals surface area contributed by atoms with Crippen LogP contribution in [0.25, 0.3) is 0 Å². The molecule has 1 aromatic carbocycles. The fourth-order valence-corrected chi connectivity index (χ4v) is 2.39. The molecular weight excluding hydrogens is 298 g/mol. The number of amides is 1. The van der Waals surface area contributed by atoms with E-state index in [0.717, 1.165) is 17.8 Å². The van der Waals surface area contributed by atoms with E-state index < -0.39 is 0 Å². The van der Waals surface area contributed by atoms with Gasteiger partial charge < -0.3 is 10.1 Å². The average Bonchev–Trinajstić information content (AvgIpc) is 2.90. The molecule has 6 heteroatoms. The Labute approximate surface area is 135 Å². The van der Waals surface area contributed by atoms with Crippen molar-refractivity contribution in [3.63, 3.8) is 0 Å². The summed E-state index contributed by atoms with van der Waals surface area (Å²) in [6.07, 6.45) is 0.970. The summed E-state index contributed by atoms with van der Waals surface area (Å²) in [5.41, 5.74) is 2.32. The van der Waals surface area contributed by atoms with Crippen molar-refractivity contribution in [3.05, 3.63) is 41.2 Å².